The van der Waals surface area contributed by atoms with E-state index in [4.69, 9.17) is 11.6 Å². The summed E-state index contributed by atoms with van der Waals surface area (Å²) in [5.41, 5.74) is 3.88. The van der Waals surface area contributed by atoms with Crippen molar-refractivity contribution in [2.75, 3.05) is 0 Å². The summed E-state index contributed by atoms with van der Waals surface area (Å²) in [7, 11) is 0. The van der Waals surface area contributed by atoms with Crippen LogP contribution >= 0.6 is 11.6 Å². The Bertz CT molecular complexity index is 1100. The number of imidazole rings is 1. The number of aliphatic imine (C=N–C) groups is 1. The van der Waals surface area contributed by atoms with Crippen molar-refractivity contribution in [3.05, 3.63) is 83.0 Å². The maximum absolute atomic E-state index is 13.5. The third-order valence-corrected chi connectivity index (χ3v) is 4.13. The van der Waals surface area contributed by atoms with Crippen molar-refractivity contribution in [2.45, 2.75) is 6.92 Å². The molecule has 0 saturated carbocycles. The average Bonchev–Trinajstić information content (AvgIpc) is 3.06. The van der Waals surface area contributed by atoms with Gasteiger partial charge in [0.05, 0.1) is 16.9 Å². The lowest BCUT2D eigenvalue weighted by Crippen LogP contribution is -1.95. The van der Waals surface area contributed by atoms with Gasteiger partial charge in [-0.15, -0.1) is 0 Å². The Hall–Kier alpha value is -3.23. The molecule has 0 amide bonds. The van der Waals surface area contributed by atoms with Crippen LogP contribution in [0.2, 0.25) is 5.02 Å². The molecule has 6 heteroatoms. The van der Waals surface area contributed by atoms with E-state index in [1.807, 2.05) is 12.1 Å². The van der Waals surface area contributed by atoms with Gasteiger partial charge in [0.15, 0.2) is 0 Å². The molecule has 3 rings (SSSR count). The van der Waals surface area contributed by atoms with Gasteiger partial charge in [0, 0.05) is 29.1 Å². The minimum Gasteiger partial charge on any atom is -0.291 e. The van der Waals surface area contributed by atoms with Gasteiger partial charge < -0.3 is 0 Å². The van der Waals surface area contributed by atoms with Crippen LogP contribution in [-0.2, 0) is 0 Å². The zero-order valence-corrected chi connectivity index (χ0v) is 14.7. The van der Waals surface area contributed by atoms with Gasteiger partial charge in [-0.3, -0.25) is 9.39 Å². The molecule has 128 valence electrons. The second kappa shape index (κ2) is 7.34. The summed E-state index contributed by atoms with van der Waals surface area (Å²) in [6.07, 6.45) is 6.63. The summed E-state index contributed by atoms with van der Waals surface area (Å²) in [6, 6.07) is 10.2. The van der Waals surface area contributed by atoms with Gasteiger partial charge in [0.2, 0.25) is 0 Å². The Balaban J connectivity index is 2.27. The van der Waals surface area contributed by atoms with E-state index in [9.17, 15) is 9.65 Å². The Morgan fingerprint density at radius 1 is 1.35 bits per heavy atom. The Morgan fingerprint density at radius 2 is 2.12 bits per heavy atom. The van der Waals surface area contributed by atoms with Gasteiger partial charge in [-0.25, -0.2) is 9.37 Å². The van der Waals surface area contributed by atoms with E-state index < -0.39 is 5.82 Å². The van der Waals surface area contributed by atoms with Crippen molar-refractivity contribution in [1.29, 1.82) is 5.26 Å². The molecule has 2 aromatic heterocycles. The molecule has 4 nitrogen and oxygen atoms in total. The first-order valence-electron chi connectivity index (χ1n) is 7.77. The van der Waals surface area contributed by atoms with Crippen molar-refractivity contribution >= 4 is 34.7 Å². The molecule has 0 aliphatic heterocycles. The van der Waals surface area contributed by atoms with Gasteiger partial charge >= 0.3 is 0 Å². The first-order valence-corrected chi connectivity index (χ1v) is 8.15. The predicted molar refractivity (Wildman–Crippen MR) is 102 cm³/mol. The fraction of sp³-hybridized carbons (Fsp3) is 0.0500. The topological polar surface area (TPSA) is 53.5 Å². The van der Waals surface area contributed by atoms with Crippen LogP contribution in [0.5, 0.6) is 0 Å². The van der Waals surface area contributed by atoms with E-state index in [1.165, 1.54) is 18.3 Å². The summed E-state index contributed by atoms with van der Waals surface area (Å²) in [5.74, 6) is -0.492. The van der Waals surface area contributed by atoms with Gasteiger partial charge in [-0.1, -0.05) is 24.3 Å². The minimum absolute atomic E-state index is 0.0199. The van der Waals surface area contributed by atoms with E-state index >= 15 is 0 Å². The number of allylic oxidation sites excluding steroid dienone is 2. The molecule has 26 heavy (non-hydrogen) atoms. The number of aromatic nitrogens is 2. The van der Waals surface area contributed by atoms with Crippen molar-refractivity contribution < 1.29 is 4.39 Å². The highest BCUT2D eigenvalue weighted by atomic mass is 35.5. The largest absolute Gasteiger partial charge is 0.291 e. The normalized spacial score (nSPS) is 12.2. The number of hydrogen-bond donors (Lipinski definition) is 0. The highest BCUT2D eigenvalue weighted by Crippen LogP contribution is 2.31. The number of benzene rings is 1. The number of nitrogens with zero attached hydrogens (tertiary/aromatic N) is 4. The van der Waals surface area contributed by atoms with Crippen molar-refractivity contribution in [3.63, 3.8) is 0 Å². The van der Waals surface area contributed by atoms with E-state index in [0.717, 1.165) is 11.1 Å². The molecule has 0 aliphatic rings. The standard InChI is InChI=1S/C20H14ClFN4/c1-3-16(14-6-8-19-25-11-15(10-23)26(19)12-14)20(24-4-2)13-5-7-18(22)17(21)9-13/h3-9,11-12H,1H2,2H3/b20-16+,24-4?. The molecule has 0 atom stereocenters. The van der Waals surface area contributed by atoms with E-state index in [0.29, 0.717) is 22.6 Å². The Morgan fingerprint density at radius 3 is 2.77 bits per heavy atom. The molecule has 3 aromatic rings. The molecule has 0 N–H and O–H groups in total. The Labute approximate surface area is 155 Å². The molecule has 0 aliphatic carbocycles. The monoisotopic (exact) mass is 364 g/mol. The van der Waals surface area contributed by atoms with Crippen molar-refractivity contribution in [1.82, 2.24) is 9.38 Å². The molecule has 0 unspecified atom stereocenters. The Kier molecular flexibility index (Phi) is 4.97. The number of halogens is 2. The number of rotatable bonds is 4. The van der Waals surface area contributed by atoms with Crippen molar-refractivity contribution in [2.24, 2.45) is 4.99 Å². The van der Waals surface area contributed by atoms with E-state index in [1.54, 1.807) is 35.9 Å². The highest BCUT2D eigenvalue weighted by molar-refractivity contribution is 6.31. The fourth-order valence-electron chi connectivity index (χ4n) is 2.65. The van der Waals surface area contributed by atoms with Crippen LogP contribution < -0.4 is 0 Å². The minimum atomic E-state index is -0.492. The van der Waals surface area contributed by atoms with Crippen LogP contribution in [0.1, 0.15) is 23.7 Å². The van der Waals surface area contributed by atoms with Crippen LogP contribution in [-0.4, -0.2) is 15.6 Å². The third kappa shape index (κ3) is 3.15. The second-order valence-electron chi connectivity index (χ2n) is 5.38. The van der Waals surface area contributed by atoms with Crippen LogP contribution in [0.4, 0.5) is 4.39 Å². The summed E-state index contributed by atoms with van der Waals surface area (Å²) in [5, 5.41) is 9.24. The quantitative estimate of drug-likeness (QED) is 0.475. The fourth-order valence-corrected chi connectivity index (χ4v) is 2.83. The smallest absolute Gasteiger partial charge is 0.144 e. The first-order chi connectivity index (χ1) is 12.6. The summed E-state index contributed by atoms with van der Waals surface area (Å²) in [6.45, 7) is 5.68. The van der Waals surface area contributed by atoms with Crippen LogP contribution in [0.3, 0.4) is 0 Å². The molecule has 0 radical (unpaired) electrons. The zero-order chi connectivity index (χ0) is 18.7. The van der Waals surface area contributed by atoms with Crippen LogP contribution in [0.25, 0.3) is 16.9 Å². The summed E-state index contributed by atoms with van der Waals surface area (Å²) >= 11 is 5.93. The van der Waals surface area contributed by atoms with Gasteiger partial charge in [0.1, 0.15) is 23.2 Å². The highest BCUT2D eigenvalue weighted by Gasteiger charge is 2.12. The molecule has 1 aromatic carbocycles. The summed E-state index contributed by atoms with van der Waals surface area (Å²) < 4.78 is 15.2. The number of fused-ring (bicyclic) bond motifs is 1. The third-order valence-electron chi connectivity index (χ3n) is 3.84. The van der Waals surface area contributed by atoms with E-state index in [-0.39, 0.29) is 5.02 Å². The SMILES string of the molecule is C=C/C(=C(\N=CC)c1ccc(F)c(Cl)c1)c1ccc2ncc(C#N)n2c1. The number of hydrogen-bond acceptors (Lipinski definition) is 3. The zero-order valence-electron chi connectivity index (χ0n) is 13.9. The molecule has 0 spiro atoms. The lowest BCUT2D eigenvalue weighted by atomic mass is 10.0. The van der Waals surface area contributed by atoms with Gasteiger partial charge in [-0.2, -0.15) is 5.26 Å². The van der Waals surface area contributed by atoms with Crippen LogP contribution in [0.15, 0.2) is 60.4 Å². The molecule has 0 saturated heterocycles. The number of nitriles is 1. The first kappa shape index (κ1) is 17.6. The molecule has 0 fully saturated rings. The molecule has 0 bridgehead atoms. The average molecular weight is 365 g/mol. The predicted octanol–water partition coefficient (Wildman–Crippen LogP) is 5.14. The van der Waals surface area contributed by atoms with E-state index in [2.05, 4.69) is 22.6 Å². The van der Waals surface area contributed by atoms with Crippen molar-refractivity contribution in [3.8, 4) is 6.07 Å². The van der Waals surface area contributed by atoms with Gasteiger partial charge in [-0.05, 0) is 37.3 Å². The maximum atomic E-state index is 13.5. The molecular formula is C20H14ClFN4. The molecular weight excluding hydrogens is 351 g/mol. The summed E-state index contributed by atoms with van der Waals surface area (Å²) in [4.78, 5) is 8.62. The van der Waals surface area contributed by atoms with Crippen LogP contribution in [0, 0.1) is 17.1 Å². The lowest BCUT2D eigenvalue weighted by molar-refractivity contribution is 0.628. The second-order valence-corrected chi connectivity index (χ2v) is 5.79. The van der Waals surface area contributed by atoms with Gasteiger partial charge in [0.25, 0.3) is 0 Å². The maximum Gasteiger partial charge on any atom is 0.144 e. The lowest BCUT2D eigenvalue weighted by Gasteiger charge is -2.11. The number of pyridine rings is 1. The molecule has 2 heterocycles.